The van der Waals surface area contributed by atoms with Crippen molar-refractivity contribution in [2.75, 3.05) is 0 Å². The summed E-state index contributed by atoms with van der Waals surface area (Å²) in [6, 6.07) is 7.32. The van der Waals surface area contributed by atoms with E-state index in [4.69, 9.17) is 11.6 Å². The van der Waals surface area contributed by atoms with Crippen LogP contribution in [0.2, 0.25) is 5.02 Å². The Kier molecular flexibility index (Phi) is 3.13. The molecule has 2 aromatic rings. The first-order chi connectivity index (χ1) is 7.58. The topological polar surface area (TPSA) is 17.1 Å². The van der Waals surface area contributed by atoms with E-state index in [0.29, 0.717) is 10.6 Å². The molecule has 1 nitrogen and oxygen atoms in total. The fourth-order valence-electron chi connectivity index (χ4n) is 1.46. The summed E-state index contributed by atoms with van der Waals surface area (Å²) in [6.45, 7) is 3.91. The number of hydrogen-bond donors (Lipinski definition) is 0. The lowest BCUT2D eigenvalue weighted by atomic mass is 10.0. The number of carbonyl (C=O) groups is 1. The maximum absolute atomic E-state index is 12.1. The summed E-state index contributed by atoms with van der Waals surface area (Å²) in [6.07, 6.45) is 0. The first-order valence-electron chi connectivity index (χ1n) is 4.94. The molecule has 0 fully saturated rings. The van der Waals surface area contributed by atoms with Crippen LogP contribution in [0, 0.1) is 13.8 Å². The summed E-state index contributed by atoms with van der Waals surface area (Å²) in [5.74, 6) is 0.0336. The smallest absolute Gasteiger partial charge is 0.193 e. The lowest BCUT2D eigenvalue weighted by molar-refractivity contribution is 0.103. The Balaban J connectivity index is 2.38. The predicted molar refractivity (Wildman–Crippen MR) is 68.7 cm³/mol. The van der Waals surface area contributed by atoms with E-state index in [1.807, 2.05) is 37.4 Å². The second kappa shape index (κ2) is 4.40. The first kappa shape index (κ1) is 11.4. The number of carbonyl (C=O) groups excluding carboxylic acids is 1. The van der Waals surface area contributed by atoms with Gasteiger partial charge in [-0.1, -0.05) is 23.7 Å². The molecule has 82 valence electrons. The Morgan fingerprint density at radius 2 is 1.94 bits per heavy atom. The summed E-state index contributed by atoms with van der Waals surface area (Å²) in [5.41, 5.74) is 2.37. The molecular weight excluding hydrogens is 240 g/mol. The Hall–Kier alpha value is -1.12. The zero-order chi connectivity index (χ0) is 11.7. The number of aryl methyl sites for hydroxylation is 2. The van der Waals surface area contributed by atoms with Crippen LogP contribution in [0.5, 0.6) is 0 Å². The Labute approximate surface area is 104 Å². The maximum atomic E-state index is 12.1. The van der Waals surface area contributed by atoms with Gasteiger partial charge in [0.15, 0.2) is 5.78 Å². The molecule has 0 unspecified atom stereocenters. The van der Waals surface area contributed by atoms with E-state index in [-0.39, 0.29) is 5.78 Å². The number of hydrogen-bond acceptors (Lipinski definition) is 2. The monoisotopic (exact) mass is 250 g/mol. The van der Waals surface area contributed by atoms with Crippen LogP contribution in [0.25, 0.3) is 0 Å². The third-order valence-corrected chi connectivity index (χ3v) is 3.70. The average Bonchev–Trinajstić information content (AvgIpc) is 2.68. The second-order valence-electron chi connectivity index (χ2n) is 3.74. The minimum absolute atomic E-state index is 0.0336. The van der Waals surface area contributed by atoms with E-state index in [2.05, 4.69) is 0 Å². The van der Waals surface area contributed by atoms with E-state index in [0.717, 1.165) is 16.0 Å². The summed E-state index contributed by atoms with van der Waals surface area (Å²) in [5, 5.41) is 2.52. The van der Waals surface area contributed by atoms with E-state index < -0.39 is 0 Å². The molecule has 1 aromatic heterocycles. The van der Waals surface area contributed by atoms with E-state index >= 15 is 0 Å². The Morgan fingerprint density at radius 1 is 1.19 bits per heavy atom. The molecule has 0 aliphatic carbocycles. The van der Waals surface area contributed by atoms with Gasteiger partial charge in [-0.3, -0.25) is 4.79 Å². The van der Waals surface area contributed by atoms with Crippen molar-refractivity contribution in [3.63, 3.8) is 0 Å². The van der Waals surface area contributed by atoms with Gasteiger partial charge in [0, 0.05) is 26.4 Å². The van der Waals surface area contributed by atoms with Gasteiger partial charge in [0.25, 0.3) is 0 Å². The van der Waals surface area contributed by atoms with Crippen molar-refractivity contribution in [3.8, 4) is 0 Å². The molecule has 0 aliphatic heterocycles. The minimum atomic E-state index is 0.0336. The Morgan fingerprint density at radius 3 is 2.50 bits per heavy atom. The summed E-state index contributed by atoms with van der Waals surface area (Å²) < 4.78 is 0. The summed E-state index contributed by atoms with van der Waals surface area (Å²) in [4.78, 5) is 13.2. The molecule has 0 saturated heterocycles. The lowest BCUT2D eigenvalue weighted by Crippen LogP contribution is -1.99. The molecule has 0 N–H and O–H groups in total. The molecule has 0 spiro atoms. The van der Waals surface area contributed by atoms with Gasteiger partial charge in [-0.15, -0.1) is 11.3 Å². The number of ketones is 1. The highest BCUT2D eigenvalue weighted by molar-refractivity contribution is 7.10. The van der Waals surface area contributed by atoms with Crippen molar-refractivity contribution in [1.29, 1.82) is 0 Å². The minimum Gasteiger partial charge on any atom is -0.289 e. The normalized spacial score (nSPS) is 10.4. The molecular formula is C13H11ClOS. The molecule has 1 heterocycles. The highest BCUT2D eigenvalue weighted by Gasteiger charge is 2.11. The molecule has 0 radical (unpaired) electrons. The van der Waals surface area contributed by atoms with Crippen LogP contribution in [0.15, 0.2) is 29.6 Å². The van der Waals surface area contributed by atoms with Crippen molar-refractivity contribution in [1.82, 2.24) is 0 Å². The number of benzene rings is 1. The highest BCUT2D eigenvalue weighted by atomic mass is 35.5. The van der Waals surface area contributed by atoms with Gasteiger partial charge in [-0.05, 0) is 31.5 Å². The van der Waals surface area contributed by atoms with Crippen LogP contribution in [0.4, 0.5) is 0 Å². The SMILES string of the molecule is Cc1cc(C(=O)c2ccc(C)c(Cl)c2)cs1. The molecule has 1 aromatic carbocycles. The maximum Gasteiger partial charge on any atom is 0.193 e. The molecule has 16 heavy (non-hydrogen) atoms. The summed E-state index contributed by atoms with van der Waals surface area (Å²) >= 11 is 7.58. The molecule has 3 heteroatoms. The van der Waals surface area contributed by atoms with E-state index in [1.165, 1.54) is 0 Å². The van der Waals surface area contributed by atoms with Crippen LogP contribution >= 0.6 is 22.9 Å². The van der Waals surface area contributed by atoms with Crippen molar-refractivity contribution < 1.29 is 4.79 Å². The standard InChI is InChI=1S/C13H11ClOS/c1-8-3-4-10(6-12(8)14)13(15)11-5-9(2)16-7-11/h3-7H,1-2H3. The van der Waals surface area contributed by atoms with Crippen LogP contribution in [0.3, 0.4) is 0 Å². The lowest BCUT2D eigenvalue weighted by Gasteiger charge is -2.01. The largest absolute Gasteiger partial charge is 0.289 e. The van der Waals surface area contributed by atoms with Crippen molar-refractivity contribution in [2.24, 2.45) is 0 Å². The fourth-order valence-corrected chi connectivity index (χ4v) is 2.33. The number of halogens is 1. The van der Waals surface area contributed by atoms with Gasteiger partial charge >= 0.3 is 0 Å². The van der Waals surface area contributed by atoms with Gasteiger partial charge in [-0.2, -0.15) is 0 Å². The van der Waals surface area contributed by atoms with Crippen LogP contribution < -0.4 is 0 Å². The molecule has 0 bridgehead atoms. The van der Waals surface area contributed by atoms with Gasteiger partial charge in [0.2, 0.25) is 0 Å². The zero-order valence-corrected chi connectivity index (χ0v) is 10.7. The molecule has 0 aliphatic rings. The van der Waals surface area contributed by atoms with Gasteiger partial charge in [0.05, 0.1) is 0 Å². The van der Waals surface area contributed by atoms with Crippen LogP contribution in [0.1, 0.15) is 26.4 Å². The molecule has 2 rings (SSSR count). The summed E-state index contributed by atoms with van der Waals surface area (Å²) in [7, 11) is 0. The predicted octanol–water partition coefficient (Wildman–Crippen LogP) is 4.25. The molecule has 0 saturated carbocycles. The van der Waals surface area contributed by atoms with Crippen molar-refractivity contribution in [2.45, 2.75) is 13.8 Å². The molecule has 0 amide bonds. The highest BCUT2D eigenvalue weighted by Crippen LogP contribution is 2.21. The van der Waals surface area contributed by atoms with Gasteiger partial charge in [-0.25, -0.2) is 0 Å². The third kappa shape index (κ3) is 2.18. The number of thiophene rings is 1. The van der Waals surface area contributed by atoms with Gasteiger partial charge < -0.3 is 0 Å². The van der Waals surface area contributed by atoms with Crippen LogP contribution in [-0.2, 0) is 0 Å². The van der Waals surface area contributed by atoms with E-state index in [9.17, 15) is 4.79 Å². The van der Waals surface area contributed by atoms with Gasteiger partial charge in [0.1, 0.15) is 0 Å². The first-order valence-corrected chi connectivity index (χ1v) is 6.19. The third-order valence-electron chi connectivity index (χ3n) is 2.43. The fraction of sp³-hybridized carbons (Fsp3) is 0.154. The average molecular weight is 251 g/mol. The van der Waals surface area contributed by atoms with Crippen LogP contribution in [-0.4, -0.2) is 5.78 Å². The second-order valence-corrected chi connectivity index (χ2v) is 5.26. The quantitative estimate of drug-likeness (QED) is 0.729. The Bertz CT molecular complexity index is 543. The number of rotatable bonds is 2. The van der Waals surface area contributed by atoms with Crippen molar-refractivity contribution >= 4 is 28.7 Å². The zero-order valence-electron chi connectivity index (χ0n) is 9.08. The molecule has 0 atom stereocenters. The van der Waals surface area contributed by atoms with Crippen molar-refractivity contribution in [3.05, 3.63) is 56.2 Å². The van der Waals surface area contributed by atoms with E-state index in [1.54, 1.807) is 17.4 Å².